The van der Waals surface area contributed by atoms with E-state index in [2.05, 4.69) is 15.9 Å². The fourth-order valence-corrected chi connectivity index (χ4v) is 2.83. The Balaban J connectivity index is 2.07. The first-order valence-corrected chi connectivity index (χ1v) is 7.71. The normalized spacial score (nSPS) is 16.1. The zero-order valence-corrected chi connectivity index (χ0v) is 13.2. The number of ether oxygens (including phenoxy) is 1. The smallest absolute Gasteiger partial charge is 0.226 e. The lowest BCUT2D eigenvalue weighted by Crippen LogP contribution is -2.38. The van der Waals surface area contributed by atoms with Gasteiger partial charge in [0.25, 0.3) is 0 Å². The van der Waals surface area contributed by atoms with Crippen molar-refractivity contribution in [2.75, 3.05) is 19.8 Å². The highest BCUT2D eigenvalue weighted by molar-refractivity contribution is 9.10. The molecule has 3 nitrogen and oxygen atoms in total. The zero-order valence-electron chi connectivity index (χ0n) is 11.6. The molecule has 0 aromatic heterocycles. The van der Waals surface area contributed by atoms with Gasteiger partial charge in [0.05, 0.1) is 0 Å². The van der Waals surface area contributed by atoms with Gasteiger partial charge in [0, 0.05) is 42.3 Å². The van der Waals surface area contributed by atoms with Gasteiger partial charge in [-0.2, -0.15) is 0 Å². The summed E-state index contributed by atoms with van der Waals surface area (Å²) in [4.78, 5) is 14.2. The van der Waals surface area contributed by atoms with E-state index in [-0.39, 0.29) is 17.6 Å². The number of amides is 1. The summed E-state index contributed by atoms with van der Waals surface area (Å²) in [6.07, 6.45) is 1.52. The molecule has 0 radical (unpaired) electrons. The summed E-state index contributed by atoms with van der Waals surface area (Å²) in [7, 11) is 0. The fourth-order valence-electron chi connectivity index (χ4n) is 2.42. The summed E-state index contributed by atoms with van der Waals surface area (Å²) < 4.78 is 19.9. The third-order valence-electron chi connectivity index (χ3n) is 3.63. The number of rotatable bonds is 4. The second-order valence-corrected chi connectivity index (χ2v) is 5.89. The van der Waals surface area contributed by atoms with Crippen molar-refractivity contribution in [1.29, 1.82) is 0 Å². The zero-order chi connectivity index (χ0) is 14.5. The quantitative estimate of drug-likeness (QED) is 0.838. The van der Waals surface area contributed by atoms with Gasteiger partial charge in [-0.25, -0.2) is 4.39 Å². The molecule has 0 saturated carbocycles. The van der Waals surface area contributed by atoms with Gasteiger partial charge in [0.2, 0.25) is 5.91 Å². The van der Waals surface area contributed by atoms with Gasteiger partial charge in [-0.05, 0) is 38.0 Å². The lowest BCUT2D eigenvalue weighted by molar-refractivity contribution is -0.139. The molecule has 0 aliphatic carbocycles. The van der Waals surface area contributed by atoms with Crippen molar-refractivity contribution in [3.63, 3.8) is 0 Å². The molecule has 0 bridgehead atoms. The molecule has 1 fully saturated rings. The average molecular weight is 344 g/mol. The molecule has 1 aromatic rings. The third kappa shape index (κ3) is 3.79. The van der Waals surface area contributed by atoms with E-state index >= 15 is 0 Å². The number of carbonyl (C=O) groups is 1. The number of carbonyl (C=O) groups excluding carboxylic acids is 1. The van der Waals surface area contributed by atoms with Crippen LogP contribution in [-0.4, -0.2) is 30.6 Å². The van der Waals surface area contributed by atoms with Gasteiger partial charge in [-0.3, -0.25) is 4.79 Å². The number of benzene rings is 1. The highest BCUT2D eigenvalue weighted by atomic mass is 79.9. The van der Waals surface area contributed by atoms with Crippen molar-refractivity contribution in [2.45, 2.75) is 26.3 Å². The Kier molecular flexibility index (Phi) is 5.54. The van der Waals surface area contributed by atoms with Crippen LogP contribution >= 0.6 is 15.9 Å². The SMILES string of the molecule is CCN(Cc1cc(Br)ccc1F)C(=O)C1CCOCC1. The molecule has 1 heterocycles. The Morgan fingerprint density at radius 2 is 2.15 bits per heavy atom. The Bertz CT molecular complexity index is 475. The summed E-state index contributed by atoms with van der Waals surface area (Å²) in [5.74, 6) is -0.152. The molecule has 1 saturated heterocycles. The topological polar surface area (TPSA) is 29.5 Å². The molecule has 0 N–H and O–H groups in total. The van der Waals surface area contributed by atoms with Crippen LogP contribution in [0.2, 0.25) is 0 Å². The van der Waals surface area contributed by atoms with Gasteiger partial charge >= 0.3 is 0 Å². The van der Waals surface area contributed by atoms with Gasteiger partial charge in [0.1, 0.15) is 5.82 Å². The number of hydrogen-bond acceptors (Lipinski definition) is 2. The third-order valence-corrected chi connectivity index (χ3v) is 4.13. The van der Waals surface area contributed by atoms with Crippen LogP contribution in [0.1, 0.15) is 25.3 Å². The van der Waals surface area contributed by atoms with E-state index in [1.165, 1.54) is 6.07 Å². The van der Waals surface area contributed by atoms with Crippen molar-refractivity contribution >= 4 is 21.8 Å². The van der Waals surface area contributed by atoms with Crippen molar-refractivity contribution in [1.82, 2.24) is 4.90 Å². The van der Waals surface area contributed by atoms with Crippen molar-refractivity contribution < 1.29 is 13.9 Å². The van der Waals surface area contributed by atoms with Crippen LogP contribution in [0.3, 0.4) is 0 Å². The Hall–Kier alpha value is -0.940. The minimum absolute atomic E-state index is 0.0129. The first kappa shape index (κ1) is 15.4. The first-order valence-electron chi connectivity index (χ1n) is 6.92. The van der Waals surface area contributed by atoms with Gasteiger partial charge in [-0.1, -0.05) is 15.9 Å². The molecule has 2 rings (SSSR count). The molecule has 0 unspecified atom stereocenters. The predicted octanol–water partition coefficient (Wildman–Crippen LogP) is 3.36. The van der Waals surface area contributed by atoms with Gasteiger partial charge in [0.15, 0.2) is 0 Å². The Morgan fingerprint density at radius 3 is 2.80 bits per heavy atom. The summed E-state index contributed by atoms with van der Waals surface area (Å²) in [5.41, 5.74) is 0.543. The lowest BCUT2D eigenvalue weighted by atomic mass is 9.98. The lowest BCUT2D eigenvalue weighted by Gasteiger charge is -2.28. The van der Waals surface area contributed by atoms with E-state index in [0.717, 1.165) is 17.3 Å². The van der Waals surface area contributed by atoms with Crippen LogP contribution < -0.4 is 0 Å². The van der Waals surface area contributed by atoms with Crippen LogP contribution in [0, 0.1) is 11.7 Å². The standard InChI is InChI=1S/C15H19BrFNO2/c1-2-18(15(19)11-5-7-20-8-6-11)10-12-9-13(16)3-4-14(12)17/h3-4,9,11H,2,5-8,10H2,1H3. The molecule has 20 heavy (non-hydrogen) atoms. The molecule has 0 spiro atoms. The van der Waals surface area contributed by atoms with Crippen molar-refractivity contribution in [3.05, 3.63) is 34.1 Å². The Labute approximate surface area is 127 Å². The van der Waals surface area contributed by atoms with Crippen LogP contribution in [-0.2, 0) is 16.1 Å². The maximum atomic E-state index is 13.8. The molecular weight excluding hydrogens is 325 g/mol. The summed E-state index contributed by atoms with van der Waals surface area (Å²) >= 11 is 3.34. The molecule has 1 aliphatic rings. The molecule has 1 aliphatic heterocycles. The second kappa shape index (κ2) is 7.18. The first-order chi connectivity index (χ1) is 9.61. The highest BCUT2D eigenvalue weighted by Gasteiger charge is 2.26. The average Bonchev–Trinajstić information content (AvgIpc) is 2.48. The Morgan fingerprint density at radius 1 is 1.45 bits per heavy atom. The van der Waals surface area contributed by atoms with E-state index in [0.29, 0.717) is 31.9 Å². The largest absolute Gasteiger partial charge is 0.381 e. The second-order valence-electron chi connectivity index (χ2n) is 4.97. The van der Waals surface area contributed by atoms with Crippen molar-refractivity contribution in [2.24, 2.45) is 5.92 Å². The summed E-state index contributed by atoms with van der Waals surface area (Å²) in [5, 5.41) is 0. The summed E-state index contributed by atoms with van der Waals surface area (Å²) in [6.45, 7) is 4.10. The minimum Gasteiger partial charge on any atom is -0.381 e. The van der Waals surface area contributed by atoms with Crippen LogP contribution in [0.4, 0.5) is 4.39 Å². The van der Waals surface area contributed by atoms with Gasteiger partial charge in [-0.15, -0.1) is 0 Å². The van der Waals surface area contributed by atoms with E-state index in [4.69, 9.17) is 4.74 Å². The molecule has 0 atom stereocenters. The number of hydrogen-bond donors (Lipinski definition) is 0. The van der Waals surface area contributed by atoms with Crippen LogP contribution in [0.25, 0.3) is 0 Å². The molecular formula is C15H19BrFNO2. The van der Waals surface area contributed by atoms with E-state index < -0.39 is 0 Å². The monoisotopic (exact) mass is 343 g/mol. The van der Waals surface area contributed by atoms with Crippen molar-refractivity contribution in [3.8, 4) is 0 Å². The predicted molar refractivity (Wildman–Crippen MR) is 78.7 cm³/mol. The van der Waals surface area contributed by atoms with Crippen LogP contribution in [0.5, 0.6) is 0 Å². The molecule has 5 heteroatoms. The highest BCUT2D eigenvalue weighted by Crippen LogP contribution is 2.21. The molecule has 1 amide bonds. The minimum atomic E-state index is -0.272. The molecule has 110 valence electrons. The van der Waals surface area contributed by atoms with E-state index in [9.17, 15) is 9.18 Å². The van der Waals surface area contributed by atoms with E-state index in [1.54, 1.807) is 17.0 Å². The maximum Gasteiger partial charge on any atom is 0.226 e. The molecule has 1 aromatic carbocycles. The van der Waals surface area contributed by atoms with E-state index in [1.807, 2.05) is 6.92 Å². The van der Waals surface area contributed by atoms with Gasteiger partial charge < -0.3 is 9.64 Å². The number of halogens is 2. The number of nitrogens with zero attached hydrogens (tertiary/aromatic N) is 1. The summed E-state index contributed by atoms with van der Waals surface area (Å²) in [6, 6.07) is 4.82. The fraction of sp³-hybridized carbons (Fsp3) is 0.533. The maximum absolute atomic E-state index is 13.8. The van der Waals surface area contributed by atoms with Crippen LogP contribution in [0.15, 0.2) is 22.7 Å².